The third-order valence-electron chi connectivity index (χ3n) is 5.98. The lowest BCUT2D eigenvalue weighted by Gasteiger charge is -2.21. The van der Waals surface area contributed by atoms with E-state index in [2.05, 4.69) is 9.97 Å². The maximum Gasteiger partial charge on any atom is 0.410 e. The van der Waals surface area contributed by atoms with E-state index >= 15 is 0 Å². The molecule has 1 N–H and O–H groups in total. The fraction of sp³-hybridized carbons (Fsp3) is 0.318. The number of ether oxygens (including phenoxy) is 1. The van der Waals surface area contributed by atoms with Crippen LogP contribution in [0.15, 0.2) is 42.7 Å². The van der Waals surface area contributed by atoms with E-state index in [1.165, 1.54) is 0 Å². The van der Waals surface area contributed by atoms with E-state index in [0.717, 1.165) is 16.6 Å². The van der Waals surface area contributed by atoms with Crippen molar-refractivity contribution >= 4 is 46.2 Å². The highest BCUT2D eigenvalue weighted by Crippen LogP contribution is 2.32. The number of hydrogen-bond acceptors (Lipinski definition) is 4. The van der Waals surface area contributed by atoms with Crippen molar-refractivity contribution in [3.63, 3.8) is 0 Å². The van der Waals surface area contributed by atoms with E-state index in [0.29, 0.717) is 41.8 Å². The number of aromatic amines is 1. The molecule has 160 valence electrons. The lowest BCUT2D eigenvalue weighted by Crippen LogP contribution is -2.35. The standard InChI is InChI=1S/C22H20Cl2N4O3/c23-17-3-13(4-18(24)6-17)11-31-22(30)28-9-15-7-27(8-16(15)10-28)21(29)14-1-2-19-20(5-14)26-12-25-19/h1-6,12,15-16H,7-11H2,(H,25,26). The van der Waals surface area contributed by atoms with Crippen molar-refractivity contribution in [2.24, 2.45) is 11.8 Å². The van der Waals surface area contributed by atoms with Gasteiger partial charge in [0.1, 0.15) is 6.61 Å². The van der Waals surface area contributed by atoms with Crippen molar-refractivity contribution in [1.82, 2.24) is 19.8 Å². The van der Waals surface area contributed by atoms with E-state index in [4.69, 9.17) is 27.9 Å². The van der Waals surface area contributed by atoms with Crippen molar-refractivity contribution in [2.45, 2.75) is 6.61 Å². The third kappa shape index (κ3) is 4.07. The van der Waals surface area contributed by atoms with Gasteiger partial charge in [0.2, 0.25) is 0 Å². The molecule has 2 aliphatic heterocycles. The SMILES string of the molecule is O=C(OCc1cc(Cl)cc(Cl)c1)N1CC2CN(C(=O)c3ccc4[nH]cnc4c3)CC2C1. The highest BCUT2D eigenvalue weighted by Gasteiger charge is 2.43. The highest BCUT2D eigenvalue weighted by atomic mass is 35.5. The maximum atomic E-state index is 12.9. The molecule has 2 aliphatic rings. The van der Waals surface area contributed by atoms with Crippen LogP contribution in [0.1, 0.15) is 15.9 Å². The van der Waals surface area contributed by atoms with Crippen LogP contribution in [0, 0.1) is 11.8 Å². The van der Waals surface area contributed by atoms with Gasteiger partial charge in [0.25, 0.3) is 5.91 Å². The number of H-pyrrole nitrogens is 1. The van der Waals surface area contributed by atoms with Gasteiger partial charge in [-0.2, -0.15) is 0 Å². The Morgan fingerprint density at radius 3 is 2.39 bits per heavy atom. The Bertz CT molecular complexity index is 1130. The van der Waals surface area contributed by atoms with Crippen LogP contribution >= 0.6 is 23.2 Å². The Hall–Kier alpha value is -2.77. The average molecular weight is 459 g/mol. The number of fused-ring (bicyclic) bond motifs is 2. The van der Waals surface area contributed by atoms with Crippen LogP contribution in [0.5, 0.6) is 0 Å². The molecule has 0 bridgehead atoms. The van der Waals surface area contributed by atoms with Gasteiger partial charge in [-0.15, -0.1) is 0 Å². The number of likely N-dealkylation sites (tertiary alicyclic amines) is 2. The van der Waals surface area contributed by atoms with Crippen LogP contribution < -0.4 is 0 Å². The molecule has 1 aromatic heterocycles. The minimum atomic E-state index is -0.354. The molecule has 5 rings (SSSR count). The summed E-state index contributed by atoms with van der Waals surface area (Å²) in [5.41, 5.74) is 3.07. The molecule has 2 amide bonds. The Morgan fingerprint density at radius 1 is 1.00 bits per heavy atom. The molecule has 2 fully saturated rings. The Balaban J connectivity index is 1.16. The molecule has 9 heteroatoms. The summed E-state index contributed by atoms with van der Waals surface area (Å²) in [4.78, 5) is 36.3. The maximum absolute atomic E-state index is 12.9. The van der Waals surface area contributed by atoms with Gasteiger partial charge in [-0.1, -0.05) is 23.2 Å². The smallest absolute Gasteiger partial charge is 0.410 e. The number of imidazole rings is 1. The Morgan fingerprint density at radius 2 is 1.68 bits per heavy atom. The zero-order chi connectivity index (χ0) is 21.5. The zero-order valence-corrected chi connectivity index (χ0v) is 18.1. The summed E-state index contributed by atoms with van der Waals surface area (Å²) in [6.45, 7) is 2.56. The molecule has 2 atom stereocenters. The van der Waals surface area contributed by atoms with E-state index < -0.39 is 0 Å². The van der Waals surface area contributed by atoms with Gasteiger partial charge in [0, 0.05) is 53.6 Å². The predicted octanol–water partition coefficient (Wildman–Crippen LogP) is 4.21. The van der Waals surface area contributed by atoms with Gasteiger partial charge in [0.15, 0.2) is 0 Å². The van der Waals surface area contributed by atoms with Gasteiger partial charge in [-0.25, -0.2) is 9.78 Å². The number of halogens is 2. The summed E-state index contributed by atoms with van der Waals surface area (Å²) >= 11 is 12.0. The first-order valence-electron chi connectivity index (χ1n) is 10.1. The van der Waals surface area contributed by atoms with Crippen molar-refractivity contribution in [1.29, 1.82) is 0 Å². The number of benzene rings is 2. The number of nitrogens with zero attached hydrogens (tertiary/aromatic N) is 3. The van der Waals surface area contributed by atoms with E-state index in [-0.39, 0.29) is 30.4 Å². The average Bonchev–Trinajstić information content (AvgIpc) is 3.44. The number of rotatable bonds is 3. The fourth-order valence-corrected chi connectivity index (χ4v) is 5.06. The molecule has 0 radical (unpaired) electrons. The molecule has 0 spiro atoms. The largest absolute Gasteiger partial charge is 0.445 e. The number of carbonyl (C=O) groups excluding carboxylic acids is 2. The van der Waals surface area contributed by atoms with Crippen LogP contribution in [0.2, 0.25) is 10.0 Å². The summed E-state index contributed by atoms with van der Waals surface area (Å²) in [5.74, 6) is 0.517. The second-order valence-electron chi connectivity index (χ2n) is 8.10. The number of aromatic nitrogens is 2. The van der Waals surface area contributed by atoms with Crippen LogP contribution in [0.4, 0.5) is 4.79 Å². The monoisotopic (exact) mass is 458 g/mol. The normalized spacial score (nSPS) is 20.3. The molecule has 2 saturated heterocycles. The number of hydrogen-bond donors (Lipinski definition) is 1. The molecule has 31 heavy (non-hydrogen) atoms. The summed E-state index contributed by atoms with van der Waals surface area (Å²) in [6.07, 6.45) is 1.26. The van der Waals surface area contributed by atoms with Crippen LogP contribution in [-0.4, -0.2) is 57.9 Å². The summed E-state index contributed by atoms with van der Waals surface area (Å²) < 4.78 is 5.44. The summed E-state index contributed by atoms with van der Waals surface area (Å²) in [5, 5.41) is 1.01. The Kier molecular flexibility index (Phi) is 5.24. The number of carbonyl (C=O) groups is 2. The van der Waals surface area contributed by atoms with E-state index in [9.17, 15) is 9.59 Å². The minimum Gasteiger partial charge on any atom is -0.445 e. The molecule has 0 saturated carbocycles. The molecule has 3 heterocycles. The van der Waals surface area contributed by atoms with Crippen molar-refractivity contribution in [2.75, 3.05) is 26.2 Å². The predicted molar refractivity (Wildman–Crippen MR) is 117 cm³/mol. The van der Waals surface area contributed by atoms with Crippen LogP contribution in [0.3, 0.4) is 0 Å². The molecule has 3 aromatic rings. The fourth-order valence-electron chi connectivity index (χ4n) is 4.49. The second-order valence-corrected chi connectivity index (χ2v) is 8.97. The lowest BCUT2D eigenvalue weighted by molar-refractivity contribution is 0.0764. The van der Waals surface area contributed by atoms with Gasteiger partial charge < -0.3 is 19.5 Å². The van der Waals surface area contributed by atoms with Crippen LogP contribution in [-0.2, 0) is 11.3 Å². The molecule has 2 aromatic carbocycles. The van der Waals surface area contributed by atoms with Crippen LogP contribution in [0.25, 0.3) is 11.0 Å². The minimum absolute atomic E-state index is 0.00580. The van der Waals surface area contributed by atoms with E-state index in [1.807, 2.05) is 23.1 Å². The summed E-state index contributed by atoms with van der Waals surface area (Å²) in [7, 11) is 0. The van der Waals surface area contributed by atoms with Crippen molar-refractivity contribution < 1.29 is 14.3 Å². The van der Waals surface area contributed by atoms with Gasteiger partial charge >= 0.3 is 6.09 Å². The van der Waals surface area contributed by atoms with Crippen molar-refractivity contribution in [3.05, 3.63) is 63.9 Å². The second kappa shape index (κ2) is 8.05. The first-order valence-corrected chi connectivity index (χ1v) is 10.8. The first kappa shape index (κ1) is 20.2. The molecular weight excluding hydrogens is 439 g/mol. The zero-order valence-electron chi connectivity index (χ0n) is 16.6. The Labute approximate surface area is 188 Å². The third-order valence-corrected chi connectivity index (χ3v) is 6.42. The molecule has 2 unspecified atom stereocenters. The summed E-state index contributed by atoms with van der Waals surface area (Å²) in [6, 6.07) is 10.6. The van der Waals surface area contributed by atoms with Gasteiger partial charge in [-0.3, -0.25) is 4.79 Å². The number of nitrogens with one attached hydrogen (secondary N) is 1. The van der Waals surface area contributed by atoms with Crippen molar-refractivity contribution in [3.8, 4) is 0 Å². The first-order chi connectivity index (χ1) is 15.0. The highest BCUT2D eigenvalue weighted by molar-refractivity contribution is 6.34. The number of amides is 2. The van der Waals surface area contributed by atoms with Gasteiger partial charge in [0.05, 0.1) is 17.4 Å². The molecule has 7 nitrogen and oxygen atoms in total. The quantitative estimate of drug-likeness (QED) is 0.637. The molecular formula is C22H20Cl2N4O3. The van der Waals surface area contributed by atoms with E-state index in [1.54, 1.807) is 29.4 Å². The topological polar surface area (TPSA) is 78.5 Å². The lowest BCUT2D eigenvalue weighted by atomic mass is 10.0. The molecule has 0 aliphatic carbocycles. The van der Waals surface area contributed by atoms with Gasteiger partial charge in [-0.05, 0) is 42.0 Å².